The second-order valence-corrected chi connectivity index (χ2v) is 3.70. The molecule has 0 radical (unpaired) electrons. The molecule has 0 spiro atoms. The minimum atomic E-state index is 0.861. The van der Waals surface area contributed by atoms with Crippen LogP contribution in [0.4, 0.5) is 0 Å². The van der Waals surface area contributed by atoms with E-state index < -0.39 is 0 Å². The third kappa shape index (κ3) is 3.11. The highest BCUT2D eigenvalue weighted by Crippen LogP contribution is 1.99. The van der Waals surface area contributed by atoms with Crippen LogP contribution in [-0.2, 0) is 0 Å². The Balaban J connectivity index is 1.96. The molecular formula is C11H9N3S. The summed E-state index contributed by atoms with van der Waals surface area (Å²) in [5, 5.41) is 10.6. The largest absolute Gasteiger partial charge is 0.243 e. The molecule has 0 bridgehead atoms. The fourth-order valence-corrected chi connectivity index (χ4v) is 1.51. The van der Waals surface area contributed by atoms with Crippen LogP contribution in [0.1, 0.15) is 10.6 Å². The van der Waals surface area contributed by atoms with Gasteiger partial charge in [-0.25, -0.2) is 4.98 Å². The zero-order chi connectivity index (χ0) is 10.3. The maximum atomic E-state index is 4.06. The van der Waals surface area contributed by atoms with E-state index in [1.807, 2.05) is 35.7 Å². The number of aromatic nitrogens is 1. The van der Waals surface area contributed by atoms with Crippen molar-refractivity contribution < 1.29 is 0 Å². The highest BCUT2D eigenvalue weighted by molar-refractivity contribution is 7.11. The lowest BCUT2D eigenvalue weighted by molar-refractivity contribution is 1.26. The van der Waals surface area contributed by atoms with Gasteiger partial charge in [-0.15, -0.1) is 11.3 Å². The van der Waals surface area contributed by atoms with Crippen molar-refractivity contribution in [3.8, 4) is 0 Å². The van der Waals surface area contributed by atoms with Crippen molar-refractivity contribution in [2.24, 2.45) is 10.2 Å². The van der Waals surface area contributed by atoms with Gasteiger partial charge in [0.2, 0.25) is 0 Å². The molecule has 2 aromatic rings. The van der Waals surface area contributed by atoms with E-state index in [-0.39, 0.29) is 0 Å². The first-order valence-electron chi connectivity index (χ1n) is 4.46. The van der Waals surface area contributed by atoms with Crippen LogP contribution in [0, 0.1) is 0 Å². The van der Waals surface area contributed by atoms with Gasteiger partial charge in [-0.2, -0.15) is 10.2 Å². The number of rotatable bonds is 3. The molecule has 0 saturated carbocycles. The summed E-state index contributed by atoms with van der Waals surface area (Å²) in [6.07, 6.45) is 5.10. The summed E-state index contributed by atoms with van der Waals surface area (Å²) in [4.78, 5) is 4.06. The van der Waals surface area contributed by atoms with Gasteiger partial charge in [0.1, 0.15) is 5.01 Å². The maximum absolute atomic E-state index is 4.06. The number of benzene rings is 1. The fraction of sp³-hybridized carbons (Fsp3) is 0. The maximum Gasteiger partial charge on any atom is 0.136 e. The summed E-state index contributed by atoms with van der Waals surface area (Å²) in [5.74, 6) is 0. The van der Waals surface area contributed by atoms with Gasteiger partial charge in [0, 0.05) is 11.6 Å². The molecule has 1 aromatic heterocycles. The summed E-state index contributed by atoms with van der Waals surface area (Å²) in [6, 6.07) is 9.85. The Morgan fingerprint density at radius 2 is 1.87 bits per heavy atom. The van der Waals surface area contributed by atoms with Crippen molar-refractivity contribution in [1.29, 1.82) is 0 Å². The Kier molecular flexibility index (Phi) is 3.35. The molecule has 0 saturated heterocycles. The fourth-order valence-electron chi connectivity index (χ4n) is 1.02. The first kappa shape index (κ1) is 9.73. The van der Waals surface area contributed by atoms with Crippen LogP contribution in [-0.4, -0.2) is 17.4 Å². The van der Waals surface area contributed by atoms with Gasteiger partial charge in [-0.1, -0.05) is 30.3 Å². The Labute approximate surface area is 91.8 Å². The Morgan fingerprint density at radius 3 is 2.60 bits per heavy atom. The van der Waals surface area contributed by atoms with Crippen LogP contribution in [0.3, 0.4) is 0 Å². The standard InChI is InChI=1S/C11H9N3S/c1-2-4-10(5-3-1)8-13-14-9-11-12-6-7-15-11/h1-9H/b13-8?,14-9+. The summed E-state index contributed by atoms with van der Waals surface area (Å²) in [7, 11) is 0. The predicted molar refractivity (Wildman–Crippen MR) is 63.7 cm³/mol. The topological polar surface area (TPSA) is 37.6 Å². The molecule has 0 aliphatic heterocycles. The molecule has 0 unspecified atom stereocenters. The predicted octanol–water partition coefficient (Wildman–Crippen LogP) is 2.60. The van der Waals surface area contributed by atoms with Crippen molar-refractivity contribution in [2.45, 2.75) is 0 Å². The van der Waals surface area contributed by atoms with Gasteiger partial charge >= 0.3 is 0 Å². The third-order valence-electron chi connectivity index (χ3n) is 1.69. The van der Waals surface area contributed by atoms with Gasteiger partial charge in [-0.05, 0) is 5.56 Å². The van der Waals surface area contributed by atoms with E-state index in [0.29, 0.717) is 0 Å². The lowest BCUT2D eigenvalue weighted by Gasteiger charge is -1.86. The first-order chi connectivity index (χ1) is 7.45. The third-order valence-corrected chi connectivity index (χ3v) is 2.40. The Morgan fingerprint density at radius 1 is 1.07 bits per heavy atom. The molecule has 0 atom stereocenters. The minimum absolute atomic E-state index is 0.861. The van der Waals surface area contributed by atoms with Crippen LogP contribution in [0.2, 0.25) is 0 Å². The first-order valence-corrected chi connectivity index (χ1v) is 5.34. The van der Waals surface area contributed by atoms with E-state index in [9.17, 15) is 0 Å². The molecule has 2 rings (SSSR count). The van der Waals surface area contributed by atoms with Crippen molar-refractivity contribution in [3.63, 3.8) is 0 Å². The molecule has 4 heteroatoms. The lowest BCUT2D eigenvalue weighted by atomic mass is 10.2. The van der Waals surface area contributed by atoms with Gasteiger partial charge in [0.15, 0.2) is 0 Å². The molecule has 0 N–H and O–H groups in total. The van der Waals surface area contributed by atoms with Crippen molar-refractivity contribution in [1.82, 2.24) is 4.98 Å². The van der Waals surface area contributed by atoms with Crippen molar-refractivity contribution in [2.75, 3.05) is 0 Å². The summed E-state index contributed by atoms with van der Waals surface area (Å²) < 4.78 is 0. The summed E-state index contributed by atoms with van der Waals surface area (Å²) >= 11 is 1.53. The lowest BCUT2D eigenvalue weighted by Crippen LogP contribution is -1.78. The molecule has 0 aliphatic carbocycles. The Hall–Kier alpha value is -1.81. The molecule has 15 heavy (non-hydrogen) atoms. The zero-order valence-electron chi connectivity index (χ0n) is 7.95. The molecule has 0 fully saturated rings. The molecule has 1 aromatic carbocycles. The van der Waals surface area contributed by atoms with Crippen molar-refractivity contribution >= 4 is 23.8 Å². The van der Waals surface area contributed by atoms with Gasteiger partial charge < -0.3 is 0 Å². The zero-order valence-corrected chi connectivity index (χ0v) is 8.76. The molecule has 1 heterocycles. The minimum Gasteiger partial charge on any atom is -0.243 e. The van der Waals surface area contributed by atoms with Gasteiger partial charge in [-0.3, -0.25) is 0 Å². The average Bonchev–Trinajstić information content (AvgIpc) is 2.79. The average molecular weight is 215 g/mol. The van der Waals surface area contributed by atoms with Crippen molar-refractivity contribution in [3.05, 3.63) is 52.5 Å². The second-order valence-electron chi connectivity index (χ2n) is 2.77. The second kappa shape index (κ2) is 5.17. The number of hydrogen-bond acceptors (Lipinski definition) is 4. The van der Waals surface area contributed by atoms with Crippen LogP contribution in [0.5, 0.6) is 0 Å². The van der Waals surface area contributed by atoms with E-state index in [4.69, 9.17) is 0 Å². The highest BCUT2D eigenvalue weighted by atomic mass is 32.1. The monoisotopic (exact) mass is 215 g/mol. The van der Waals surface area contributed by atoms with Crippen LogP contribution >= 0.6 is 11.3 Å². The summed E-state index contributed by atoms with van der Waals surface area (Å²) in [5.41, 5.74) is 1.04. The quantitative estimate of drug-likeness (QED) is 0.572. The molecule has 3 nitrogen and oxygen atoms in total. The van der Waals surface area contributed by atoms with E-state index in [2.05, 4.69) is 15.2 Å². The smallest absolute Gasteiger partial charge is 0.136 e. The Bertz CT molecular complexity index is 446. The van der Waals surface area contributed by atoms with E-state index in [0.717, 1.165) is 10.6 Å². The normalized spacial score (nSPS) is 11.5. The molecular weight excluding hydrogens is 206 g/mol. The van der Waals surface area contributed by atoms with E-state index in [1.54, 1.807) is 18.6 Å². The number of nitrogens with zero attached hydrogens (tertiary/aromatic N) is 3. The van der Waals surface area contributed by atoms with Crippen LogP contribution < -0.4 is 0 Å². The van der Waals surface area contributed by atoms with Gasteiger partial charge in [0.25, 0.3) is 0 Å². The van der Waals surface area contributed by atoms with E-state index in [1.165, 1.54) is 11.3 Å². The summed E-state index contributed by atoms with van der Waals surface area (Å²) in [6.45, 7) is 0. The van der Waals surface area contributed by atoms with Gasteiger partial charge in [0.05, 0.1) is 12.4 Å². The molecule has 0 aliphatic rings. The number of hydrogen-bond donors (Lipinski definition) is 0. The SMILES string of the molecule is C(=N/N=C/c1nccs1)c1ccccc1. The highest BCUT2D eigenvalue weighted by Gasteiger charge is 1.86. The number of thiazole rings is 1. The van der Waals surface area contributed by atoms with Crippen LogP contribution in [0.15, 0.2) is 52.1 Å². The molecule has 0 amide bonds. The molecule has 74 valence electrons. The van der Waals surface area contributed by atoms with Crippen LogP contribution in [0.25, 0.3) is 0 Å². The van der Waals surface area contributed by atoms with E-state index >= 15 is 0 Å².